The molecule has 0 spiro atoms. The number of hydrogen-bond acceptors (Lipinski definition) is 4. The minimum Gasteiger partial charge on any atom is -0.508 e. The molecule has 0 aliphatic carbocycles. The van der Waals surface area contributed by atoms with Gasteiger partial charge in [-0.25, -0.2) is 0 Å². The van der Waals surface area contributed by atoms with Crippen molar-refractivity contribution < 1.29 is 14.6 Å². The molecular formula is C18H21NO3. The van der Waals surface area contributed by atoms with Crippen LogP contribution >= 0.6 is 0 Å². The van der Waals surface area contributed by atoms with Crippen LogP contribution in [0, 0.1) is 0 Å². The molecule has 2 N–H and O–H groups in total. The molecule has 0 saturated carbocycles. The van der Waals surface area contributed by atoms with E-state index < -0.39 is 0 Å². The number of phenolic OH excluding ortho intramolecular Hbond substituents is 1. The van der Waals surface area contributed by atoms with Crippen LogP contribution in [-0.2, 0) is 5.41 Å². The molecule has 116 valence electrons. The molecule has 2 aromatic rings. The smallest absolute Gasteiger partial charge is 0.161 e. The zero-order valence-corrected chi connectivity index (χ0v) is 12.9. The van der Waals surface area contributed by atoms with Crippen molar-refractivity contribution in [2.45, 2.75) is 11.8 Å². The number of aromatic hydroxyl groups is 1. The van der Waals surface area contributed by atoms with E-state index in [0.29, 0.717) is 17.2 Å². The number of para-hydroxylation sites is 1. The van der Waals surface area contributed by atoms with Gasteiger partial charge in [0.05, 0.1) is 14.2 Å². The second-order valence-corrected chi connectivity index (χ2v) is 5.60. The SMILES string of the molecule is COc1ccc(C2(c3ccccc3O)CCNC2)cc1OC. The Morgan fingerprint density at radius 3 is 2.45 bits per heavy atom. The molecule has 2 aromatic carbocycles. The highest BCUT2D eigenvalue weighted by Gasteiger charge is 2.39. The number of benzene rings is 2. The van der Waals surface area contributed by atoms with Gasteiger partial charge in [0.25, 0.3) is 0 Å². The van der Waals surface area contributed by atoms with E-state index in [1.807, 2.05) is 30.3 Å². The highest BCUT2D eigenvalue weighted by Crippen LogP contribution is 2.44. The zero-order valence-electron chi connectivity index (χ0n) is 12.9. The van der Waals surface area contributed by atoms with E-state index in [1.165, 1.54) is 0 Å². The van der Waals surface area contributed by atoms with Crippen molar-refractivity contribution in [1.29, 1.82) is 0 Å². The second kappa shape index (κ2) is 5.89. The standard InChI is InChI=1S/C18H21NO3/c1-21-16-8-7-13(11-17(16)22-2)18(9-10-19-12-18)14-5-3-4-6-15(14)20/h3-8,11,19-20H,9-10,12H2,1-2H3. The van der Waals surface area contributed by atoms with Crippen molar-refractivity contribution in [3.8, 4) is 17.2 Å². The summed E-state index contributed by atoms with van der Waals surface area (Å²) in [6, 6.07) is 13.6. The van der Waals surface area contributed by atoms with Crippen molar-refractivity contribution in [1.82, 2.24) is 5.32 Å². The van der Waals surface area contributed by atoms with Gasteiger partial charge in [0.15, 0.2) is 11.5 Å². The van der Waals surface area contributed by atoms with E-state index in [4.69, 9.17) is 9.47 Å². The van der Waals surface area contributed by atoms with Gasteiger partial charge in [0.2, 0.25) is 0 Å². The van der Waals surface area contributed by atoms with E-state index in [9.17, 15) is 5.11 Å². The summed E-state index contributed by atoms with van der Waals surface area (Å²) >= 11 is 0. The van der Waals surface area contributed by atoms with Gasteiger partial charge in [-0.05, 0) is 36.7 Å². The fourth-order valence-corrected chi connectivity index (χ4v) is 3.34. The van der Waals surface area contributed by atoms with Crippen molar-refractivity contribution in [3.63, 3.8) is 0 Å². The Balaban J connectivity index is 2.15. The molecule has 1 unspecified atom stereocenters. The topological polar surface area (TPSA) is 50.7 Å². The maximum atomic E-state index is 10.3. The molecular weight excluding hydrogens is 278 g/mol. The number of rotatable bonds is 4. The first-order valence-corrected chi connectivity index (χ1v) is 7.43. The summed E-state index contributed by atoms with van der Waals surface area (Å²) in [5, 5.41) is 13.8. The Kier molecular flexibility index (Phi) is 3.94. The summed E-state index contributed by atoms with van der Waals surface area (Å²) in [5.41, 5.74) is 1.83. The molecule has 3 rings (SSSR count). The van der Waals surface area contributed by atoms with Crippen molar-refractivity contribution in [3.05, 3.63) is 53.6 Å². The molecule has 0 aromatic heterocycles. The summed E-state index contributed by atoms with van der Waals surface area (Å²) in [6.07, 6.45) is 0.931. The second-order valence-electron chi connectivity index (χ2n) is 5.60. The molecule has 1 heterocycles. The lowest BCUT2D eigenvalue weighted by molar-refractivity contribution is 0.353. The third-order valence-electron chi connectivity index (χ3n) is 4.51. The molecule has 1 aliphatic heterocycles. The lowest BCUT2D eigenvalue weighted by atomic mass is 9.73. The molecule has 22 heavy (non-hydrogen) atoms. The van der Waals surface area contributed by atoms with E-state index in [2.05, 4.69) is 11.4 Å². The van der Waals surface area contributed by atoms with Crippen LogP contribution in [0.2, 0.25) is 0 Å². The van der Waals surface area contributed by atoms with Gasteiger partial charge in [0.1, 0.15) is 5.75 Å². The van der Waals surface area contributed by atoms with Crippen LogP contribution in [0.3, 0.4) is 0 Å². The fourth-order valence-electron chi connectivity index (χ4n) is 3.34. The van der Waals surface area contributed by atoms with Crippen LogP contribution in [0.4, 0.5) is 0 Å². The van der Waals surface area contributed by atoms with E-state index in [1.54, 1.807) is 20.3 Å². The lowest BCUT2D eigenvalue weighted by Crippen LogP contribution is -2.30. The van der Waals surface area contributed by atoms with Gasteiger partial charge in [-0.3, -0.25) is 0 Å². The minimum absolute atomic E-state index is 0.245. The van der Waals surface area contributed by atoms with Gasteiger partial charge < -0.3 is 19.9 Å². The molecule has 4 heteroatoms. The Morgan fingerprint density at radius 1 is 1.05 bits per heavy atom. The summed E-state index contributed by atoms with van der Waals surface area (Å²) < 4.78 is 10.8. The van der Waals surface area contributed by atoms with Crippen molar-refractivity contribution in [2.24, 2.45) is 0 Å². The first kappa shape index (κ1) is 14.7. The minimum atomic E-state index is -0.245. The Bertz CT molecular complexity index is 663. The molecule has 4 nitrogen and oxygen atoms in total. The lowest BCUT2D eigenvalue weighted by Gasteiger charge is -2.30. The van der Waals surface area contributed by atoms with Crippen molar-refractivity contribution in [2.75, 3.05) is 27.3 Å². The van der Waals surface area contributed by atoms with Gasteiger partial charge in [-0.1, -0.05) is 24.3 Å². The van der Waals surface area contributed by atoms with Gasteiger partial charge in [0, 0.05) is 17.5 Å². The van der Waals surface area contributed by atoms with E-state index in [0.717, 1.165) is 30.6 Å². The maximum absolute atomic E-state index is 10.3. The average Bonchev–Trinajstić information content (AvgIpc) is 3.05. The quantitative estimate of drug-likeness (QED) is 0.911. The highest BCUT2D eigenvalue weighted by atomic mass is 16.5. The third kappa shape index (κ3) is 2.29. The Hall–Kier alpha value is -2.20. The highest BCUT2D eigenvalue weighted by molar-refractivity contribution is 5.52. The van der Waals surface area contributed by atoms with Crippen LogP contribution < -0.4 is 14.8 Å². The number of phenols is 1. The zero-order chi connectivity index (χ0) is 15.6. The fraction of sp³-hybridized carbons (Fsp3) is 0.333. The third-order valence-corrected chi connectivity index (χ3v) is 4.51. The molecule has 0 radical (unpaired) electrons. The number of nitrogens with one attached hydrogen (secondary N) is 1. The van der Waals surface area contributed by atoms with Gasteiger partial charge in [-0.2, -0.15) is 0 Å². The van der Waals surface area contributed by atoms with E-state index in [-0.39, 0.29) is 5.41 Å². The largest absolute Gasteiger partial charge is 0.508 e. The predicted octanol–water partition coefficient (Wildman–Crippen LogP) is 2.69. The number of ether oxygens (including phenoxy) is 2. The summed E-state index contributed by atoms with van der Waals surface area (Å²) in [4.78, 5) is 0. The molecule has 1 saturated heterocycles. The van der Waals surface area contributed by atoms with Crippen LogP contribution in [0.5, 0.6) is 17.2 Å². The summed E-state index contributed by atoms with van der Waals surface area (Å²) in [7, 11) is 3.27. The maximum Gasteiger partial charge on any atom is 0.161 e. The monoisotopic (exact) mass is 299 g/mol. The number of methoxy groups -OCH3 is 2. The van der Waals surface area contributed by atoms with Crippen LogP contribution in [0.15, 0.2) is 42.5 Å². The number of hydrogen-bond donors (Lipinski definition) is 2. The van der Waals surface area contributed by atoms with E-state index >= 15 is 0 Å². The Labute approximate surface area is 130 Å². The molecule has 1 aliphatic rings. The molecule has 0 bridgehead atoms. The predicted molar refractivity (Wildman–Crippen MR) is 85.9 cm³/mol. The summed E-state index contributed by atoms with van der Waals surface area (Å²) in [6.45, 7) is 1.71. The van der Waals surface area contributed by atoms with Crippen molar-refractivity contribution >= 4 is 0 Å². The molecule has 0 amide bonds. The normalized spacial score (nSPS) is 20.8. The van der Waals surface area contributed by atoms with Crippen LogP contribution in [0.1, 0.15) is 17.5 Å². The molecule has 1 atom stereocenters. The Morgan fingerprint density at radius 2 is 1.82 bits per heavy atom. The van der Waals surface area contributed by atoms with Gasteiger partial charge in [-0.15, -0.1) is 0 Å². The summed E-state index contributed by atoms with van der Waals surface area (Å²) in [5.74, 6) is 1.76. The average molecular weight is 299 g/mol. The first-order chi connectivity index (χ1) is 10.7. The molecule has 1 fully saturated rings. The first-order valence-electron chi connectivity index (χ1n) is 7.43. The van der Waals surface area contributed by atoms with Gasteiger partial charge >= 0.3 is 0 Å². The van der Waals surface area contributed by atoms with Crippen LogP contribution in [0.25, 0.3) is 0 Å². The van der Waals surface area contributed by atoms with Crippen LogP contribution in [-0.4, -0.2) is 32.4 Å².